The average molecular weight is 238 g/mol. The third-order valence-electron chi connectivity index (χ3n) is 1.39. The van der Waals surface area contributed by atoms with Gasteiger partial charge in [-0.15, -0.1) is 11.6 Å². The van der Waals surface area contributed by atoms with Crippen molar-refractivity contribution in [2.75, 3.05) is 5.88 Å². The van der Waals surface area contributed by atoms with E-state index in [-0.39, 0.29) is 4.95 Å². The number of halogens is 2. The Bertz CT molecular complexity index is 188. The van der Waals surface area contributed by atoms with Crippen LogP contribution >= 0.6 is 27.5 Å². The van der Waals surface area contributed by atoms with E-state index >= 15 is 0 Å². The minimum Gasteiger partial charge on any atom is -0.259 e. The fourth-order valence-electron chi connectivity index (χ4n) is 0.824. The predicted octanol–water partition coefficient (Wildman–Crippen LogP) is 2.80. The Hall–Kier alpha value is -0.0200. The second-order valence-electron chi connectivity index (χ2n) is 2.25. The molecule has 62 valence electrons. The molecular formula is C7H10BrClN2. The fourth-order valence-corrected chi connectivity index (χ4v) is 1.54. The smallest absolute Gasteiger partial charge is 0.107 e. The summed E-state index contributed by atoms with van der Waals surface area (Å²) in [5, 5.41) is 4.10. The van der Waals surface area contributed by atoms with Crippen molar-refractivity contribution in [3.63, 3.8) is 0 Å². The Morgan fingerprint density at radius 3 is 3.00 bits per heavy atom. The molecule has 1 aromatic rings. The summed E-state index contributed by atoms with van der Waals surface area (Å²) >= 11 is 9.06. The van der Waals surface area contributed by atoms with E-state index in [0.29, 0.717) is 5.88 Å². The standard InChI is InChI=1S/C7H10BrClN2/c8-7(3-1-4-9)11-6-2-5-10-11/h2,5-7H,1,3-4H2. The molecule has 11 heavy (non-hydrogen) atoms. The molecule has 0 spiro atoms. The van der Waals surface area contributed by atoms with Gasteiger partial charge in [-0.25, -0.2) is 0 Å². The highest BCUT2D eigenvalue weighted by Crippen LogP contribution is 2.19. The highest BCUT2D eigenvalue weighted by molar-refractivity contribution is 9.09. The van der Waals surface area contributed by atoms with Crippen LogP contribution in [0.5, 0.6) is 0 Å². The molecule has 1 rings (SSSR count). The van der Waals surface area contributed by atoms with Crippen molar-refractivity contribution in [2.24, 2.45) is 0 Å². The second-order valence-corrected chi connectivity index (χ2v) is 3.69. The predicted molar refractivity (Wildman–Crippen MR) is 50.1 cm³/mol. The highest BCUT2D eigenvalue weighted by Gasteiger charge is 2.04. The lowest BCUT2D eigenvalue weighted by atomic mass is 10.3. The van der Waals surface area contributed by atoms with Gasteiger partial charge in [0.25, 0.3) is 0 Å². The number of hydrogen-bond acceptors (Lipinski definition) is 1. The SMILES string of the molecule is ClCCCC(Br)n1cccn1. The molecule has 1 aromatic heterocycles. The minimum absolute atomic E-state index is 0.288. The summed E-state index contributed by atoms with van der Waals surface area (Å²) in [5.41, 5.74) is 0. The zero-order valence-electron chi connectivity index (χ0n) is 6.08. The van der Waals surface area contributed by atoms with Crippen LogP contribution < -0.4 is 0 Å². The zero-order chi connectivity index (χ0) is 8.10. The van der Waals surface area contributed by atoms with Gasteiger partial charge in [0, 0.05) is 18.3 Å². The van der Waals surface area contributed by atoms with Crippen LogP contribution in [0.3, 0.4) is 0 Å². The molecule has 0 aliphatic rings. The fraction of sp³-hybridized carbons (Fsp3) is 0.571. The lowest BCUT2D eigenvalue weighted by Gasteiger charge is -2.07. The molecular weight excluding hydrogens is 227 g/mol. The number of aromatic nitrogens is 2. The average Bonchev–Trinajstić information content (AvgIpc) is 2.52. The first-order valence-electron chi connectivity index (χ1n) is 3.53. The molecule has 0 radical (unpaired) electrons. The third-order valence-corrected chi connectivity index (χ3v) is 2.53. The van der Waals surface area contributed by atoms with Crippen molar-refractivity contribution in [1.82, 2.24) is 9.78 Å². The lowest BCUT2D eigenvalue weighted by Crippen LogP contribution is -2.02. The van der Waals surface area contributed by atoms with E-state index in [1.165, 1.54) is 0 Å². The van der Waals surface area contributed by atoms with Crippen molar-refractivity contribution in [3.05, 3.63) is 18.5 Å². The summed E-state index contributed by atoms with van der Waals surface area (Å²) in [5.74, 6) is 0.712. The molecule has 1 atom stereocenters. The molecule has 0 aliphatic carbocycles. The zero-order valence-corrected chi connectivity index (χ0v) is 8.42. The van der Waals surface area contributed by atoms with Crippen molar-refractivity contribution < 1.29 is 0 Å². The van der Waals surface area contributed by atoms with Gasteiger partial charge in [-0.05, 0) is 18.9 Å². The molecule has 4 heteroatoms. The van der Waals surface area contributed by atoms with Crippen LogP contribution in [0.2, 0.25) is 0 Å². The topological polar surface area (TPSA) is 17.8 Å². The molecule has 2 nitrogen and oxygen atoms in total. The van der Waals surface area contributed by atoms with Crippen molar-refractivity contribution >= 4 is 27.5 Å². The van der Waals surface area contributed by atoms with E-state index in [1.54, 1.807) is 6.20 Å². The number of nitrogens with zero attached hydrogens (tertiary/aromatic N) is 2. The quantitative estimate of drug-likeness (QED) is 0.737. The van der Waals surface area contributed by atoms with E-state index in [2.05, 4.69) is 21.0 Å². The Morgan fingerprint density at radius 2 is 2.45 bits per heavy atom. The normalized spacial score (nSPS) is 13.3. The lowest BCUT2D eigenvalue weighted by molar-refractivity contribution is 0.566. The van der Waals surface area contributed by atoms with Crippen molar-refractivity contribution in [1.29, 1.82) is 0 Å². The highest BCUT2D eigenvalue weighted by atomic mass is 79.9. The number of hydrogen-bond donors (Lipinski definition) is 0. The Balaban J connectivity index is 2.36. The van der Waals surface area contributed by atoms with E-state index < -0.39 is 0 Å². The molecule has 0 fully saturated rings. The Labute approximate surface area is 79.7 Å². The molecule has 1 heterocycles. The van der Waals surface area contributed by atoms with Gasteiger partial charge in [-0.1, -0.05) is 15.9 Å². The van der Waals surface area contributed by atoms with Crippen LogP contribution in [0.4, 0.5) is 0 Å². The maximum absolute atomic E-state index is 5.56. The molecule has 0 saturated heterocycles. The second kappa shape index (κ2) is 4.78. The summed E-state index contributed by atoms with van der Waals surface area (Å²) in [6.45, 7) is 0. The van der Waals surface area contributed by atoms with E-state index in [0.717, 1.165) is 12.8 Å². The summed E-state index contributed by atoms with van der Waals surface area (Å²) in [6.07, 6.45) is 5.74. The van der Waals surface area contributed by atoms with Crippen LogP contribution in [-0.2, 0) is 0 Å². The molecule has 0 bridgehead atoms. The molecule has 0 aromatic carbocycles. The maximum atomic E-state index is 5.56. The maximum Gasteiger partial charge on any atom is 0.107 e. The van der Waals surface area contributed by atoms with Crippen LogP contribution in [0.15, 0.2) is 18.5 Å². The van der Waals surface area contributed by atoms with E-state index in [1.807, 2.05) is 16.9 Å². The van der Waals surface area contributed by atoms with Crippen molar-refractivity contribution in [3.8, 4) is 0 Å². The van der Waals surface area contributed by atoms with Crippen LogP contribution in [0.1, 0.15) is 17.8 Å². The summed E-state index contributed by atoms with van der Waals surface area (Å²) in [4.78, 5) is 0.288. The van der Waals surface area contributed by atoms with Gasteiger partial charge in [-0.3, -0.25) is 4.68 Å². The van der Waals surface area contributed by atoms with Gasteiger partial charge in [0.1, 0.15) is 4.95 Å². The first kappa shape index (κ1) is 9.07. The molecule has 0 aliphatic heterocycles. The van der Waals surface area contributed by atoms with E-state index in [4.69, 9.17) is 11.6 Å². The monoisotopic (exact) mass is 236 g/mol. The number of rotatable bonds is 4. The minimum atomic E-state index is 0.288. The largest absolute Gasteiger partial charge is 0.259 e. The summed E-state index contributed by atoms with van der Waals surface area (Å²) < 4.78 is 1.88. The molecule has 0 N–H and O–H groups in total. The third kappa shape index (κ3) is 2.83. The summed E-state index contributed by atoms with van der Waals surface area (Å²) in [6, 6.07) is 1.91. The van der Waals surface area contributed by atoms with Crippen LogP contribution in [0, 0.1) is 0 Å². The summed E-state index contributed by atoms with van der Waals surface area (Å²) in [7, 11) is 0. The van der Waals surface area contributed by atoms with Gasteiger partial charge in [0.2, 0.25) is 0 Å². The molecule has 0 saturated carbocycles. The van der Waals surface area contributed by atoms with Gasteiger partial charge in [0.05, 0.1) is 0 Å². The first-order valence-corrected chi connectivity index (χ1v) is 4.99. The van der Waals surface area contributed by atoms with Gasteiger partial charge < -0.3 is 0 Å². The number of alkyl halides is 2. The Morgan fingerprint density at radius 1 is 1.64 bits per heavy atom. The molecule has 0 amide bonds. The van der Waals surface area contributed by atoms with Gasteiger partial charge in [-0.2, -0.15) is 5.10 Å². The van der Waals surface area contributed by atoms with Crippen LogP contribution in [-0.4, -0.2) is 15.7 Å². The Kier molecular flexibility index (Phi) is 3.94. The van der Waals surface area contributed by atoms with E-state index in [9.17, 15) is 0 Å². The first-order chi connectivity index (χ1) is 5.34. The van der Waals surface area contributed by atoms with Crippen LogP contribution in [0.25, 0.3) is 0 Å². The van der Waals surface area contributed by atoms with Gasteiger partial charge >= 0.3 is 0 Å². The molecule has 1 unspecified atom stereocenters. The van der Waals surface area contributed by atoms with Gasteiger partial charge in [0.15, 0.2) is 0 Å². The van der Waals surface area contributed by atoms with Crippen molar-refractivity contribution in [2.45, 2.75) is 17.8 Å².